The maximum absolute atomic E-state index is 11.4. The first kappa shape index (κ1) is 12.7. The summed E-state index contributed by atoms with van der Waals surface area (Å²) in [6.07, 6.45) is 0. The monoisotopic (exact) mass is 221 g/mol. The Morgan fingerprint density at radius 3 is 2.50 bits per heavy atom. The maximum Gasteiger partial charge on any atom is 0.322 e. The van der Waals surface area contributed by atoms with E-state index >= 15 is 0 Å². The van der Waals surface area contributed by atoms with Crippen LogP contribution in [0.15, 0.2) is 30.3 Å². The standard InChI is InChI=1S/C13H19NO2/c1-4-14(11(2)13(15)16-3)10-12-8-6-5-7-9-12/h5-9,11H,4,10H2,1-3H3. The van der Waals surface area contributed by atoms with Crippen LogP contribution in [0.1, 0.15) is 19.4 Å². The van der Waals surface area contributed by atoms with Gasteiger partial charge in [0.2, 0.25) is 0 Å². The van der Waals surface area contributed by atoms with Gasteiger partial charge in [-0.15, -0.1) is 0 Å². The zero-order valence-electron chi connectivity index (χ0n) is 10.1. The molecule has 0 fully saturated rings. The van der Waals surface area contributed by atoms with Gasteiger partial charge in [-0.25, -0.2) is 0 Å². The Morgan fingerprint density at radius 1 is 1.38 bits per heavy atom. The lowest BCUT2D eigenvalue weighted by atomic mass is 10.2. The molecule has 1 aromatic carbocycles. The predicted molar refractivity (Wildman–Crippen MR) is 64.0 cm³/mol. The van der Waals surface area contributed by atoms with Crippen molar-refractivity contribution in [1.82, 2.24) is 4.90 Å². The number of methoxy groups -OCH3 is 1. The van der Waals surface area contributed by atoms with E-state index in [0.29, 0.717) is 0 Å². The minimum Gasteiger partial charge on any atom is -0.468 e. The van der Waals surface area contributed by atoms with E-state index in [9.17, 15) is 4.79 Å². The SMILES string of the molecule is CCN(Cc1ccccc1)C(C)C(=O)OC. The molecule has 16 heavy (non-hydrogen) atoms. The van der Waals surface area contributed by atoms with Crippen LogP contribution in [0.3, 0.4) is 0 Å². The lowest BCUT2D eigenvalue weighted by Gasteiger charge is -2.25. The summed E-state index contributed by atoms with van der Waals surface area (Å²) in [4.78, 5) is 13.5. The number of likely N-dealkylation sites (N-methyl/N-ethyl adjacent to an activating group) is 1. The summed E-state index contributed by atoms with van der Waals surface area (Å²) in [6, 6.07) is 9.93. The number of benzene rings is 1. The van der Waals surface area contributed by atoms with E-state index in [0.717, 1.165) is 13.1 Å². The number of carbonyl (C=O) groups excluding carboxylic acids is 1. The number of hydrogen-bond donors (Lipinski definition) is 0. The molecule has 0 N–H and O–H groups in total. The molecule has 1 rings (SSSR count). The van der Waals surface area contributed by atoms with Gasteiger partial charge in [-0.2, -0.15) is 0 Å². The average molecular weight is 221 g/mol. The fraction of sp³-hybridized carbons (Fsp3) is 0.462. The first-order valence-corrected chi connectivity index (χ1v) is 5.54. The summed E-state index contributed by atoms with van der Waals surface area (Å²) in [5, 5.41) is 0. The Bertz CT molecular complexity index is 324. The van der Waals surface area contributed by atoms with Crippen LogP contribution in [-0.4, -0.2) is 30.6 Å². The summed E-state index contributed by atoms with van der Waals surface area (Å²) in [5.41, 5.74) is 1.21. The molecule has 0 bridgehead atoms. The third-order valence-corrected chi connectivity index (χ3v) is 2.72. The topological polar surface area (TPSA) is 29.5 Å². The minimum atomic E-state index is -0.199. The molecule has 0 spiro atoms. The van der Waals surface area contributed by atoms with Crippen LogP contribution >= 0.6 is 0 Å². The van der Waals surface area contributed by atoms with Crippen molar-refractivity contribution in [2.24, 2.45) is 0 Å². The Morgan fingerprint density at radius 2 is 2.00 bits per heavy atom. The van der Waals surface area contributed by atoms with E-state index in [-0.39, 0.29) is 12.0 Å². The molecule has 3 nitrogen and oxygen atoms in total. The van der Waals surface area contributed by atoms with Crippen molar-refractivity contribution < 1.29 is 9.53 Å². The minimum absolute atomic E-state index is 0.183. The Balaban J connectivity index is 2.65. The van der Waals surface area contributed by atoms with Crippen molar-refractivity contribution in [1.29, 1.82) is 0 Å². The van der Waals surface area contributed by atoms with E-state index in [1.165, 1.54) is 12.7 Å². The second-order valence-corrected chi connectivity index (χ2v) is 3.75. The molecular formula is C13H19NO2. The fourth-order valence-corrected chi connectivity index (χ4v) is 1.66. The molecule has 88 valence electrons. The van der Waals surface area contributed by atoms with Crippen molar-refractivity contribution in [3.8, 4) is 0 Å². The molecule has 0 saturated carbocycles. The number of esters is 1. The van der Waals surface area contributed by atoms with Gasteiger partial charge in [0.05, 0.1) is 7.11 Å². The molecule has 0 aliphatic carbocycles. The number of carbonyl (C=O) groups is 1. The molecule has 1 aromatic rings. The Kier molecular flexibility index (Phi) is 4.99. The zero-order valence-corrected chi connectivity index (χ0v) is 10.1. The normalized spacial score (nSPS) is 12.5. The smallest absolute Gasteiger partial charge is 0.322 e. The third kappa shape index (κ3) is 3.35. The highest BCUT2D eigenvalue weighted by atomic mass is 16.5. The van der Waals surface area contributed by atoms with Crippen molar-refractivity contribution >= 4 is 5.97 Å². The molecule has 0 heterocycles. The van der Waals surface area contributed by atoms with Crippen LogP contribution in [-0.2, 0) is 16.1 Å². The van der Waals surface area contributed by atoms with Crippen LogP contribution in [0.2, 0.25) is 0 Å². The average Bonchev–Trinajstić information content (AvgIpc) is 2.35. The van der Waals surface area contributed by atoms with Crippen LogP contribution < -0.4 is 0 Å². The molecule has 1 unspecified atom stereocenters. The molecule has 0 radical (unpaired) electrons. The van der Waals surface area contributed by atoms with E-state index in [1.54, 1.807) is 0 Å². The van der Waals surface area contributed by atoms with Crippen molar-refractivity contribution in [3.63, 3.8) is 0 Å². The van der Waals surface area contributed by atoms with Gasteiger partial charge in [0, 0.05) is 6.54 Å². The van der Waals surface area contributed by atoms with Crippen molar-refractivity contribution in [3.05, 3.63) is 35.9 Å². The Labute approximate surface area is 97.0 Å². The number of hydrogen-bond acceptors (Lipinski definition) is 3. The van der Waals surface area contributed by atoms with Crippen LogP contribution in [0.5, 0.6) is 0 Å². The quantitative estimate of drug-likeness (QED) is 0.713. The zero-order chi connectivity index (χ0) is 12.0. The number of nitrogens with zero attached hydrogens (tertiary/aromatic N) is 1. The van der Waals surface area contributed by atoms with E-state index in [4.69, 9.17) is 4.74 Å². The number of ether oxygens (including phenoxy) is 1. The van der Waals surface area contributed by atoms with Gasteiger partial charge < -0.3 is 4.74 Å². The molecule has 0 amide bonds. The van der Waals surface area contributed by atoms with Gasteiger partial charge in [-0.3, -0.25) is 9.69 Å². The first-order chi connectivity index (χ1) is 7.69. The van der Waals surface area contributed by atoms with Crippen LogP contribution in [0.25, 0.3) is 0 Å². The van der Waals surface area contributed by atoms with Crippen molar-refractivity contribution in [2.75, 3.05) is 13.7 Å². The molecule has 1 atom stereocenters. The molecule has 0 aliphatic heterocycles. The lowest BCUT2D eigenvalue weighted by molar-refractivity contribution is -0.146. The van der Waals surface area contributed by atoms with Crippen LogP contribution in [0.4, 0.5) is 0 Å². The number of rotatable bonds is 5. The van der Waals surface area contributed by atoms with E-state index in [1.807, 2.05) is 32.0 Å². The molecule has 0 aromatic heterocycles. The fourth-order valence-electron chi connectivity index (χ4n) is 1.66. The molecule has 3 heteroatoms. The van der Waals surface area contributed by atoms with Crippen LogP contribution in [0, 0.1) is 0 Å². The third-order valence-electron chi connectivity index (χ3n) is 2.72. The largest absolute Gasteiger partial charge is 0.468 e. The molecular weight excluding hydrogens is 202 g/mol. The second-order valence-electron chi connectivity index (χ2n) is 3.75. The summed E-state index contributed by atoms with van der Waals surface area (Å²) < 4.78 is 4.75. The summed E-state index contributed by atoms with van der Waals surface area (Å²) >= 11 is 0. The predicted octanol–water partition coefficient (Wildman–Crippen LogP) is 2.07. The molecule has 0 aliphatic rings. The Hall–Kier alpha value is -1.35. The highest BCUT2D eigenvalue weighted by Crippen LogP contribution is 2.08. The van der Waals surface area contributed by atoms with E-state index in [2.05, 4.69) is 17.0 Å². The van der Waals surface area contributed by atoms with Gasteiger partial charge >= 0.3 is 5.97 Å². The maximum atomic E-state index is 11.4. The van der Waals surface area contributed by atoms with Gasteiger partial charge in [0.1, 0.15) is 6.04 Å². The summed E-state index contributed by atoms with van der Waals surface area (Å²) in [7, 11) is 1.43. The lowest BCUT2D eigenvalue weighted by Crippen LogP contribution is -2.39. The summed E-state index contributed by atoms with van der Waals surface area (Å²) in [6.45, 7) is 5.51. The first-order valence-electron chi connectivity index (χ1n) is 5.54. The van der Waals surface area contributed by atoms with E-state index < -0.39 is 0 Å². The van der Waals surface area contributed by atoms with Gasteiger partial charge in [-0.1, -0.05) is 37.3 Å². The van der Waals surface area contributed by atoms with Crippen molar-refractivity contribution in [2.45, 2.75) is 26.4 Å². The molecule has 0 saturated heterocycles. The van der Waals surface area contributed by atoms with Gasteiger partial charge in [0.25, 0.3) is 0 Å². The highest BCUT2D eigenvalue weighted by Gasteiger charge is 2.20. The second kappa shape index (κ2) is 6.28. The van der Waals surface area contributed by atoms with Gasteiger partial charge in [-0.05, 0) is 19.0 Å². The van der Waals surface area contributed by atoms with Gasteiger partial charge in [0.15, 0.2) is 0 Å². The summed E-state index contributed by atoms with van der Waals surface area (Å²) in [5.74, 6) is -0.183. The highest BCUT2D eigenvalue weighted by molar-refractivity contribution is 5.75.